The van der Waals surface area contributed by atoms with Crippen molar-refractivity contribution in [3.05, 3.63) is 47.0 Å². The summed E-state index contributed by atoms with van der Waals surface area (Å²) in [6.07, 6.45) is 2.75. The SMILES string of the molecule is Cc1n[nH]c(C)c1CCN(C)C(=O)C1CC(=O)N(Cc2ccccn2)C1. The van der Waals surface area contributed by atoms with Crippen molar-refractivity contribution >= 4 is 11.8 Å². The van der Waals surface area contributed by atoms with Crippen molar-refractivity contribution in [1.82, 2.24) is 25.0 Å². The van der Waals surface area contributed by atoms with Gasteiger partial charge in [0.2, 0.25) is 11.8 Å². The van der Waals surface area contributed by atoms with E-state index in [9.17, 15) is 9.59 Å². The van der Waals surface area contributed by atoms with Crippen LogP contribution < -0.4 is 0 Å². The quantitative estimate of drug-likeness (QED) is 0.851. The molecule has 1 atom stereocenters. The minimum absolute atomic E-state index is 0.0175. The number of nitrogens with one attached hydrogen (secondary N) is 1. The minimum atomic E-state index is -0.275. The molecule has 2 aromatic rings. The van der Waals surface area contributed by atoms with E-state index in [-0.39, 0.29) is 24.2 Å². The third kappa shape index (κ3) is 3.92. The number of likely N-dealkylation sites (tertiary alicyclic amines) is 1. The number of amides is 2. The van der Waals surface area contributed by atoms with Crippen LogP contribution in [0, 0.1) is 19.8 Å². The van der Waals surface area contributed by atoms with Gasteiger partial charge in [0.25, 0.3) is 0 Å². The van der Waals surface area contributed by atoms with Crippen molar-refractivity contribution in [3.8, 4) is 0 Å². The number of aromatic amines is 1. The van der Waals surface area contributed by atoms with Gasteiger partial charge in [-0.15, -0.1) is 0 Å². The molecule has 1 aliphatic rings. The summed E-state index contributed by atoms with van der Waals surface area (Å²) in [5, 5.41) is 7.16. The van der Waals surface area contributed by atoms with Crippen LogP contribution in [0.4, 0.5) is 0 Å². The Hall–Kier alpha value is -2.70. The Morgan fingerprint density at radius 2 is 2.19 bits per heavy atom. The second kappa shape index (κ2) is 7.68. The standard InChI is InChI=1S/C19H25N5O2/c1-13-17(14(2)22-21-13)7-9-23(3)19(26)15-10-18(25)24(11-15)12-16-6-4-5-8-20-16/h4-6,8,15H,7,9-12H2,1-3H3,(H,21,22). The Morgan fingerprint density at radius 1 is 1.38 bits per heavy atom. The monoisotopic (exact) mass is 355 g/mol. The largest absolute Gasteiger partial charge is 0.345 e. The van der Waals surface area contributed by atoms with E-state index in [0.29, 0.717) is 19.6 Å². The highest BCUT2D eigenvalue weighted by Gasteiger charge is 2.35. The van der Waals surface area contributed by atoms with Gasteiger partial charge in [-0.3, -0.25) is 19.7 Å². The molecule has 1 N–H and O–H groups in total. The number of aryl methyl sites for hydroxylation is 2. The van der Waals surface area contributed by atoms with Gasteiger partial charge in [-0.25, -0.2) is 0 Å². The molecule has 26 heavy (non-hydrogen) atoms. The fourth-order valence-electron chi connectivity index (χ4n) is 3.42. The second-order valence-corrected chi connectivity index (χ2v) is 6.92. The van der Waals surface area contributed by atoms with Crippen LogP contribution in [0.2, 0.25) is 0 Å². The van der Waals surface area contributed by atoms with Crippen LogP contribution in [0.15, 0.2) is 24.4 Å². The molecule has 0 saturated carbocycles. The van der Waals surface area contributed by atoms with Crippen LogP contribution in [0.1, 0.15) is 29.1 Å². The molecule has 1 saturated heterocycles. The Labute approximate surface area is 153 Å². The summed E-state index contributed by atoms with van der Waals surface area (Å²) in [5.41, 5.74) is 4.01. The molecule has 0 spiro atoms. The molecule has 7 nitrogen and oxygen atoms in total. The van der Waals surface area contributed by atoms with Gasteiger partial charge in [-0.05, 0) is 38.0 Å². The van der Waals surface area contributed by atoms with Crippen LogP contribution in [-0.2, 0) is 22.6 Å². The zero-order chi connectivity index (χ0) is 18.7. The molecule has 1 unspecified atom stereocenters. The van der Waals surface area contributed by atoms with Gasteiger partial charge in [-0.1, -0.05) is 6.07 Å². The van der Waals surface area contributed by atoms with E-state index in [1.807, 2.05) is 32.0 Å². The molecule has 3 rings (SSSR count). The zero-order valence-electron chi connectivity index (χ0n) is 15.5. The first-order chi connectivity index (χ1) is 12.5. The fraction of sp³-hybridized carbons (Fsp3) is 0.474. The highest BCUT2D eigenvalue weighted by atomic mass is 16.2. The molecule has 2 aromatic heterocycles. The first-order valence-corrected chi connectivity index (χ1v) is 8.88. The van der Waals surface area contributed by atoms with E-state index in [2.05, 4.69) is 15.2 Å². The Balaban J connectivity index is 1.55. The maximum absolute atomic E-state index is 12.7. The molecule has 1 aliphatic heterocycles. The Kier molecular flexibility index (Phi) is 5.35. The van der Waals surface area contributed by atoms with Gasteiger partial charge >= 0.3 is 0 Å². The maximum Gasteiger partial charge on any atom is 0.227 e. The van der Waals surface area contributed by atoms with Crippen LogP contribution in [-0.4, -0.2) is 56.9 Å². The fourth-order valence-corrected chi connectivity index (χ4v) is 3.42. The third-order valence-electron chi connectivity index (χ3n) is 5.00. The lowest BCUT2D eigenvalue weighted by Crippen LogP contribution is -2.36. The van der Waals surface area contributed by atoms with Gasteiger partial charge in [-0.2, -0.15) is 5.10 Å². The highest BCUT2D eigenvalue weighted by Crippen LogP contribution is 2.22. The zero-order valence-corrected chi connectivity index (χ0v) is 15.5. The number of carbonyl (C=O) groups is 2. The predicted molar refractivity (Wildman–Crippen MR) is 97.2 cm³/mol. The second-order valence-electron chi connectivity index (χ2n) is 6.92. The maximum atomic E-state index is 12.7. The number of nitrogens with zero attached hydrogens (tertiary/aromatic N) is 4. The Morgan fingerprint density at radius 3 is 2.85 bits per heavy atom. The van der Waals surface area contributed by atoms with E-state index in [1.54, 1.807) is 23.0 Å². The lowest BCUT2D eigenvalue weighted by atomic mass is 10.1. The van der Waals surface area contributed by atoms with Gasteiger partial charge in [0, 0.05) is 38.4 Å². The molecule has 0 aromatic carbocycles. The molecule has 0 bridgehead atoms. The number of hydrogen-bond acceptors (Lipinski definition) is 4. The molecule has 2 amide bonds. The number of hydrogen-bond donors (Lipinski definition) is 1. The van der Waals surface area contributed by atoms with Crippen LogP contribution in [0.3, 0.4) is 0 Å². The molecular formula is C19H25N5O2. The van der Waals surface area contributed by atoms with Gasteiger partial charge in [0.1, 0.15) is 0 Å². The minimum Gasteiger partial charge on any atom is -0.345 e. The van der Waals surface area contributed by atoms with Crippen molar-refractivity contribution in [1.29, 1.82) is 0 Å². The van der Waals surface area contributed by atoms with E-state index < -0.39 is 0 Å². The van der Waals surface area contributed by atoms with Crippen molar-refractivity contribution in [2.45, 2.75) is 33.2 Å². The lowest BCUT2D eigenvalue weighted by molar-refractivity contribution is -0.134. The van der Waals surface area contributed by atoms with E-state index >= 15 is 0 Å². The summed E-state index contributed by atoms with van der Waals surface area (Å²) in [6, 6.07) is 5.64. The predicted octanol–water partition coefficient (Wildman–Crippen LogP) is 1.47. The molecule has 0 aliphatic carbocycles. The summed E-state index contributed by atoms with van der Waals surface area (Å²) in [5.74, 6) is -0.229. The molecule has 138 valence electrons. The average molecular weight is 355 g/mol. The van der Waals surface area contributed by atoms with E-state index in [4.69, 9.17) is 0 Å². The molecular weight excluding hydrogens is 330 g/mol. The van der Waals surface area contributed by atoms with Crippen LogP contribution in [0.25, 0.3) is 0 Å². The first kappa shape index (κ1) is 18.1. The summed E-state index contributed by atoms with van der Waals surface area (Å²) in [7, 11) is 1.80. The molecule has 1 fully saturated rings. The normalized spacial score (nSPS) is 17.0. The van der Waals surface area contributed by atoms with Crippen molar-refractivity contribution in [2.24, 2.45) is 5.92 Å². The summed E-state index contributed by atoms with van der Waals surface area (Å²) >= 11 is 0. The molecule has 0 radical (unpaired) electrons. The van der Waals surface area contributed by atoms with Crippen LogP contribution in [0.5, 0.6) is 0 Å². The average Bonchev–Trinajstić information content (AvgIpc) is 3.15. The van der Waals surface area contributed by atoms with Crippen molar-refractivity contribution in [2.75, 3.05) is 20.1 Å². The lowest BCUT2D eigenvalue weighted by Gasteiger charge is -2.21. The van der Waals surface area contributed by atoms with Gasteiger partial charge in [0.15, 0.2) is 0 Å². The number of pyridine rings is 1. The number of aromatic nitrogens is 3. The molecule has 3 heterocycles. The van der Waals surface area contributed by atoms with Crippen LogP contribution >= 0.6 is 0 Å². The topological polar surface area (TPSA) is 82.2 Å². The van der Waals surface area contributed by atoms with Gasteiger partial charge in [0.05, 0.1) is 23.9 Å². The smallest absolute Gasteiger partial charge is 0.227 e. The van der Waals surface area contributed by atoms with E-state index in [0.717, 1.165) is 29.1 Å². The summed E-state index contributed by atoms with van der Waals surface area (Å²) in [6.45, 7) is 5.49. The van der Waals surface area contributed by atoms with Crippen molar-refractivity contribution < 1.29 is 9.59 Å². The van der Waals surface area contributed by atoms with E-state index in [1.165, 1.54) is 0 Å². The number of H-pyrrole nitrogens is 1. The Bertz CT molecular complexity index is 767. The van der Waals surface area contributed by atoms with Gasteiger partial charge < -0.3 is 9.80 Å². The van der Waals surface area contributed by atoms with Crippen molar-refractivity contribution in [3.63, 3.8) is 0 Å². The number of carbonyl (C=O) groups excluding carboxylic acids is 2. The summed E-state index contributed by atoms with van der Waals surface area (Å²) in [4.78, 5) is 32.7. The highest BCUT2D eigenvalue weighted by molar-refractivity contribution is 5.89. The third-order valence-corrected chi connectivity index (χ3v) is 5.00. The number of rotatable bonds is 6. The summed E-state index contributed by atoms with van der Waals surface area (Å²) < 4.78 is 0. The number of likely N-dealkylation sites (N-methyl/N-ethyl adjacent to an activating group) is 1. The molecule has 7 heteroatoms. The first-order valence-electron chi connectivity index (χ1n) is 8.88.